The fraction of sp³-hybridized carbons (Fsp3) is 0.429. The number of nitrogens with zero attached hydrogens (tertiary/aromatic N) is 2. The summed E-state index contributed by atoms with van der Waals surface area (Å²) >= 11 is 0. The smallest absolute Gasteiger partial charge is 0.227 e. The van der Waals surface area contributed by atoms with Crippen molar-refractivity contribution in [1.82, 2.24) is 15.5 Å². The topological polar surface area (TPSA) is 51.0 Å². The summed E-state index contributed by atoms with van der Waals surface area (Å²) in [5.74, 6) is 1.39. The summed E-state index contributed by atoms with van der Waals surface area (Å²) in [6, 6.07) is 6.54. The Labute approximate surface area is 107 Å². The van der Waals surface area contributed by atoms with E-state index in [1.807, 2.05) is 6.92 Å². The van der Waals surface area contributed by atoms with Gasteiger partial charge in [0.1, 0.15) is 0 Å². The lowest BCUT2D eigenvalue weighted by Crippen LogP contribution is -2.16. The van der Waals surface area contributed by atoms with E-state index in [4.69, 9.17) is 4.52 Å². The van der Waals surface area contributed by atoms with Crippen molar-refractivity contribution in [3.8, 4) is 0 Å². The molecule has 0 saturated heterocycles. The number of aromatic nitrogens is 2. The van der Waals surface area contributed by atoms with Gasteiger partial charge in [0.2, 0.25) is 5.89 Å². The quantitative estimate of drug-likeness (QED) is 0.821. The largest absolute Gasteiger partial charge is 0.339 e. The predicted octanol–water partition coefficient (Wildman–Crippen LogP) is 2.33. The van der Waals surface area contributed by atoms with E-state index in [1.54, 1.807) is 0 Å². The summed E-state index contributed by atoms with van der Waals surface area (Å²) in [7, 11) is 0. The molecule has 4 heteroatoms. The summed E-state index contributed by atoms with van der Waals surface area (Å²) in [6.07, 6.45) is 0.770. The highest BCUT2D eigenvalue weighted by atomic mass is 16.5. The van der Waals surface area contributed by atoms with Crippen LogP contribution in [-0.4, -0.2) is 16.7 Å². The highest BCUT2D eigenvalue weighted by Gasteiger charge is 2.02. The maximum Gasteiger partial charge on any atom is 0.227 e. The average Bonchev–Trinajstić information content (AvgIpc) is 2.75. The predicted molar refractivity (Wildman–Crippen MR) is 70.4 cm³/mol. The number of aryl methyl sites for hydroxylation is 3. The van der Waals surface area contributed by atoms with Gasteiger partial charge in [0.05, 0.1) is 0 Å². The van der Waals surface area contributed by atoms with Crippen LogP contribution in [0.5, 0.6) is 0 Å². The molecule has 4 nitrogen and oxygen atoms in total. The normalized spacial score (nSPS) is 10.8. The zero-order valence-electron chi connectivity index (χ0n) is 11.2. The van der Waals surface area contributed by atoms with Gasteiger partial charge in [0.25, 0.3) is 0 Å². The highest BCUT2D eigenvalue weighted by Crippen LogP contribution is 2.09. The zero-order chi connectivity index (χ0) is 13.0. The van der Waals surface area contributed by atoms with Crippen LogP contribution in [0, 0.1) is 20.8 Å². The van der Waals surface area contributed by atoms with E-state index >= 15 is 0 Å². The second kappa shape index (κ2) is 5.78. The van der Waals surface area contributed by atoms with Gasteiger partial charge in [0.15, 0.2) is 5.82 Å². The lowest BCUT2D eigenvalue weighted by molar-refractivity contribution is 0.372. The minimum absolute atomic E-state index is 0.694. The lowest BCUT2D eigenvalue weighted by Gasteiger charge is -2.06. The average molecular weight is 245 g/mol. The standard InChI is InChI=1S/C14H19N3O/c1-10-4-5-13(8-11(10)2)9-15-7-6-14-16-12(3)17-18-14/h4-5,8,15H,6-7,9H2,1-3H3. The zero-order valence-corrected chi connectivity index (χ0v) is 11.2. The molecule has 0 bridgehead atoms. The van der Waals surface area contributed by atoms with E-state index in [0.29, 0.717) is 11.7 Å². The van der Waals surface area contributed by atoms with Gasteiger partial charge in [-0.15, -0.1) is 0 Å². The maximum atomic E-state index is 5.05. The Morgan fingerprint density at radius 3 is 2.67 bits per heavy atom. The molecule has 0 aliphatic heterocycles. The number of benzene rings is 1. The third-order valence-electron chi connectivity index (χ3n) is 2.99. The fourth-order valence-corrected chi connectivity index (χ4v) is 1.78. The molecule has 0 saturated carbocycles. The Morgan fingerprint density at radius 1 is 1.17 bits per heavy atom. The Kier molecular flexibility index (Phi) is 4.10. The van der Waals surface area contributed by atoms with Crippen molar-refractivity contribution in [3.05, 3.63) is 46.6 Å². The number of rotatable bonds is 5. The number of hydrogen-bond donors (Lipinski definition) is 1. The van der Waals surface area contributed by atoms with Crippen LogP contribution in [0.3, 0.4) is 0 Å². The second-order valence-corrected chi connectivity index (χ2v) is 4.58. The highest BCUT2D eigenvalue weighted by molar-refractivity contribution is 5.29. The van der Waals surface area contributed by atoms with Crippen LogP contribution < -0.4 is 5.32 Å². The van der Waals surface area contributed by atoms with Crippen LogP contribution in [-0.2, 0) is 13.0 Å². The Morgan fingerprint density at radius 2 is 2.00 bits per heavy atom. The molecule has 0 fully saturated rings. The van der Waals surface area contributed by atoms with Crippen molar-refractivity contribution in [2.75, 3.05) is 6.54 Å². The first-order valence-corrected chi connectivity index (χ1v) is 6.21. The minimum Gasteiger partial charge on any atom is -0.339 e. The Bertz CT molecular complexity index is 520. The molecule has 0 aliphatic carbocycles. The van der Waals surface area contributed by atoms with Crippen molar-refractivity contribution in [3.63, 3.8) is 0 Å². The van der Waals surface area contributed by atoms with Gasteiger partial charge in [-0.2, -0.15) is 4.98 Å². The first kappa shape index (κ1) is 12.8. The molecule has 1 aromatic heterocycles. The van der Waals surface area contributed by atoms with Crippen LogP contribution in [0.15, 0.2) is 22.7 Å². The monoisotopic (exact) mass is 245 g/mol. The summed E-state index contributed by atoms with van der Waals surface area (Å²) in [5, 5.41) is 7.14. The summed E-state index contributed by atoms with van der Waals surface area (Å²) in [6.45, 7) is 7.81. The first-order valence-electron chi connectivity index (χ1n) is 6.21. The molecule has 1 N–H and O–H groups in total. The SMILES string of the molecule is Cc1noc(CCNCc2ccc(C)c(C)c2)n1. The van der Waals surface area contributed by atoms with Crippen molar-refractivity contribution >= 4 is 0 Å². The van der Waals surface area contributed by atoms with Gasteiger partial charge in [-0.05, 0) is 37.5 Å². The van der Waals surface area contributed by atoms with Crippen LogP contribution in [0.1, 0.15) is 28.4 Å². The fourth-order valence-electron chi connectivity index (χ4n) is 1.78. The minimum atomic E-state index is 0.694. The van der Waals surface area contributed by atoms with E-state index in [0.717, 1.165) is 19.5 Å². The van der Waals surface area contributed by atoms with E-state index in [9.17, 15) is 0 Å². The molecule has 0 radical (unpaired) electrons. The molecule has 0 unspecified atom stereocenters. The van der Waals surface area contributed by atoms with E-state index in [1.165, 1.54) is 16.7 Å². The van der Waals surface area contributed by atoms with Crippen molar-refractivity contribution in [2.24, 2.45) is 0 Å². The first-order chi connectivity index (χ1) is 8.65. The van der Waals surface area contributed by atoms with Crippen LogP contribution in [0.2, 0.25) is 0 Å². The van der Waals surface area contributed by atoms with Crippen molar-refractivity contribution in [1.29, 1.82) is 0 Å². The number of nitrogens with one attached hydrogen (secondary N) is 1. The summed E-state index contributed by atoms with van der Waals surface area (Å²) in [5.41, 5.74) is 3.97. The molecule has 96 valence electrons. The van der Waals surface area contributed by atoms with Crippen LogP contribution >= 0.6 is 0 Å². The molecule has 1 heterocycles. The molecule has 0 amide bonds. The molecule has 0 spiro atoms. The van der Waals surface area contributed by atoms with Gasteiger partial charge in [-0.3, -0.25) is 0 Å². The Hall–Kier alpha value is -1.68. The van der Waals surface area contributed by atoms with Gasteiger partial charge < -0.3 is 9.84 Å². The molecule has 0 atom stereocenters. The molecule has 0 aliphatic rings. The van der Waals surface area contributed by atoms with E-state index in [-0.39, 0.29) is 0 Å². The van der Waals surface area contributed by atoms with Crippen molar-refractivity contribution < 1.29 is 4.52 Å². The number of hydrogen-bond acceptors (Lipinski definition) is 4. The van der Waals surface area contributed by atoms with Crippen LogP contribution in [0.25, 0.3) is 0 Å². The Balaban J connectivity index is 1.76. The van der Waals surface area contributed by atoms with Gasteiger partial charge in [0, 0.05) is 19.5 Å². The molecule has 2 rings (SSSR count). The van der Waals surface area contributed by atoms with Crippen LogP contribution in [0.4, 0.5) is 0 Å². The third-order valence-corrected chi connectivity index (χ3v) is 2.99. The summed E-state index contributed by atoms with van der Waals surface area (Å²) in [4.78, 5) is 4.16. The van der Waals surface area contributed by atoms with E-state index < -0.39 is 0 Å². The van der Waals surface area contributed by atoms with E-state index in [2.05, 4.69) is 47.5 Å². The third kappa shape index (κ3) is 3.40. The van der Waals surface area contributed by atoms with Crippen molar-refractivity contribution in [2.45, 2.75) is 33.7 Å². The van der Waals surface area contributed by atoms with Gasteiger partial charge in [-0.1, -0.05) is 23.4 Å². The summed E-state index contributed by atoms with van der Waals surface area (Å²) < 4.78 is 5.05. The maximum absolute atomic E-state index is 5.05. The molecular formula is C14H19N3O. The second-order valence-electron chi connectivity index (χ2n) is 4.58. The van der Waals surface area contributed by atoms with Gasteiger partial charge >= 0.3 is 0 Å². The molecule has 1 aromatic carbocycles. The van der Waals surface area contributed by atoms with Gasteiger partial charge in [-0.25, -0.2) is 0 Å². The lowest BCUT2D eigenvalue weighted by atomic mass is 10.1. The molecular weight excluding hydrogens is 226 g/mol. The molecule has 18 heavy (non-hydrogen) atoms. The molecule has 2 aromatic rings.